The Morgan fingerprint density at radius 1 is 1.05 bits per heavy atom. The van der Waals surface area contributed by atoms with Gasteiger partial charge in [-0.05, 0) is 31.0 Å². The van der Waals surface area contributed by atoms with Gasteiger partial charge in [-0.1, -0.05) is 42.0 Å². The summed E-state index contributed by atoms with van der Waals surface area (Å²) in [5.41, 5.74) is 3.15. The lowest BCUT2D eigenvalue weighted by atomic mass is 10.1. The van der Waals surface area contributed by atoms with Crippen LogP contribution in [0.3, 0.4) is 0 Å². The smallest absolute Gasteiger partial charge is 0.177 e. The van der Waals surface area contributed by atoms with Gasteiger partial charge in [-0.25, -0.2) is 8.42 Å². The van der Waals surface area contributed by atoms with Crippen LogP contribution < -0.4 is 5.32 Å². The highest BCUT2D eigenvalue weighted by Gasteiger charge is 2.11. The van der Waals surface area contributed by atoms with Crippen molar-refractivity contribution in [2.45, 2.75) is 18.2 Å². The van der Waals surface area contributed by atoms with E-state index in [-0.39, 0.29) is 0 Å². The third-order valence-electron chi connectivity index (χ3n) is 3.10. The molecule has 0 fully saturated rings. The second kappa shape index (κ2) is 6.09. The number of anilines is 1. The zero-order valence-corrected chi connectivity index (χ0v) is 12.6. The highest BCUT2D eigenvalue weighted by molar-refractivity contribution is 7.90. The van der Waals surface area contributed by atoms with Gasteiger partial charge in [-0.2, -0.15) is 0 Å². The summed E-state index contributed by atoms with van der Waals surface area (Å²) in [5, 5.41) is 3.21. The van der Waals surface area contributed by atoms with Gasteiger partial charge in [-0.15, -0.1) is 0 Å². The molecule has 106 valence electrons. The summed E-state index contributed by atoms with van der Waals surface area (Å²) in [6.45, 7) is 2.77. The monoisotopic (exact) mass is 289 g/mol. The quantitative estimate of drug-likeness (QED) is 0.920. The highest BCUT2D eigenvalue weighted by atomic mass is 32.2. The van der Waals surface area contributed by atoms with Crippen LogP contribution in [0.2, 0.25) is 0 Å². The van der Waals surface area contributed by atoms with E-state index < -0.39 is 9.84 Å². The van der Waals surface area contributed by atoms with Gasteiger partial charge in [0.25, 0.3) is 0 Å². The van der Waals surface area contributed by atoms with Crippen molar-refractivity contribution >= 4 is 15.5 Å². The molecule has 0 bridgehead atoms. The standard InChI is InChI=1S/C16H19NO2S/c1-13-6-5-7-14(12-13)10-11-17-15-8-3-4-9-16(15)20(2,18)19/h3-9,12,17H,10-11H2,1-2H3. The minimum Gasteiger partial charge on any atom is -0.384 e. The van der Waals surface area contributed by atoms with Crippen LogP contribution in [0.25, 0.3) is 0 Å². The second-order valence-corrected chi connectivity index (χ2v) is 6.92. The van der Waals surface area contributed by atoms with Gasteiger partial charge in [-0.3, -0.25) is 0 Å². The van der Waals surface area contributed by atoms with Crippen LogP contribution in [0, 0.1) is 6.92 Å². The molecule has 0 aromatic heterocycles. The lowest BCUT2D eigenvalue weighted by Crippen LogP contribution is -2.09. The Balaban J connectivity index is 2.05. The fourth-order valence-corrected chi connectivity index (χ4v) is 3.01. The lowest BCUT2D eigenvalue weighted by Gasteiger charge is -2.11. The third kappa shape index (κ3) is 3.84. The molecule has 0 amide bonds. The summed E-state index contributed by atoms with van der Waals surface area (Å²) in [6, 6.07) is 15.3. The van der Waals surface area contributed by atoms with Crippen molar-refractivity contribution in [1.29, 1.82) is 0 Å². The number of nitrogens with one attached hydrogen (secondary N) is 1. The van der Waals surface area contributed by atoms with Gasteiger partial charge in [0.1, 0.15) is 0 Å². The summed E-state index contributed by atoms with van der Waals surface area (Å²) in [7, 11) is -3.20. The normalized spacial score (nSPS) is 11.3. The maximum atomic E-state index is 11.7. The van der Waals surface area contributed by atoms with E-state index in [2.05, 4.69) is 30.4 Å². The average Bonchev–Trinajstić information content (AvgIpc) is 2.38. The molecule has 0 aliphatic heterocycles. The first kappa shape index (κ1) is 14.6. The minimum absolute atomic E-state index is 0.351. The first-order valence-electron chi connectivity index (χ1n) is 6.55. The molecule has 3 nitrogen and oxygen atoms in total. The Kier molecular flexibility index (Phi) is 4.45. The van der Waals surface area contributed by atoms with Crippen molar-refractivity contribution in [3.05, 3.63) is 59.7 Å². The van der Waals surface area contributed by atoms with E-state index in [9.17, 15) is 8.42 Å². The molecule has 20 heavy (non-hydrogen) atoms. The maximum Gasteiger partial charge on any atom is 0.177 e. The van der Waals surface area contributed by atoms with Crippen LogP contribution in [0.15, 0.2) is 53.4 Å². The predicted octanol–water partition coefficient (Wildman–Crippen LogP) is 3.05. The van der Waals surface area contributed by atoms with Crippen molar-refractivity contribution < 1.29 is 8.42 Å². The second-order valence-electron chi connectivity index (χ2n) is 4.93. The Bertz CT molecular complexity index is 693. The highest BCUT2D eigenvalue weighted by Crippen LogP contribution is 2.20. The van der Waals surface area contributed by atoms with E-state index in [1.54, 1.807) is 18.2 Å². The number of hydrogen-bond donors (Lipinski definition) is 1. The molecule has 0 saturated heterocycles. The molecule has 2 rings (SSSR count). The summed E-state index contributed by atoms with van der Waals surface area (Å²) in [5.74, 6) is 0. The molecule has 0 heterocycles. The van der Waals surface area contributed by atoms with Gasteiger partial charge < -0.3 is 5.32 Å². The van der Waals surface area contributed by atoms with E-state index in [1.165, 1.54) is 17.4 Å². The first-order chi connectivity index (χ1) is 9.47. The van der Waals surface area contributed by atoms with E-state index in [1.807, 2.05) is 12.1 Å². The SMILES string of the molecule is Cc1cccc(CCNc2ccccc2S(C)(=O)=O)c1. The molecular formula is C16H19NO2S. The Labute approximate surface area is 120 Å². The maximum absolute atomic E-state index is 11.7. The molecule has 1 N–H and O–H groups in total. The lowest BCUT2D eigenvalue weighted by molar-refractivity contribution is 0.602. The largest absolute Gasteiger partial charge is 0.384 e. The molecule has 0 aliphatic rings. The number of aryl methyl sites for hydroxylation is 1. The van der Waals surface area contributed by atoms with Crippen LogP contribution in [0.4, 0.5) is 5.69 Å². The van der Waals surface area contributed by atoms with Gasteiger partial charge in [0.05, 0.1) is 10.6 Å². The zero-order valence-electron chi connectivity index (χ0n) is 11.8. The molecule has 0 unspecified atom stereocenters. The number of sulfone groups is 1. The number of benzene rings is 2. The van der Waals surface area contributed by atoms with Crippen LogP contribution in [0.5, 0.6) is 0 Å². The van der Waals surface area contributed by atoms with Crippen LogP contribution in [-0.4, -0.2) is 21.2 Å². The fourth-order valence-electron chi connectivity index (χ4n) is 2.15. The predicted molar refractivity (Wildman–Crippen MR) is 82.9 cm³/mol. The van der Waals surface area contributed by atoms with Gasteiger partial charge in [0.15, 0.2) is 9.84 Å². The van der Waals surface area contributed by atoms with Crippen molar-refractivity contribution in [2.24, 2.45) is 0 Å². The molecule has 0 atom stereocenters. The van der Waals surface area contributed by atoms with E-state index in [4.69, 9.17) is 0 Å². The van der Waals surface area contributed by atoms with Crippen LogP contribution in [-0.2, 0) is 16.3 Å². The van der Waals surface area contributed by atoms with E-state index >= 15 is 0 Å². The topological polar surface area (TPSA) is 46.2 Å². The number of rotatable bonds is 5. The van der Waals surface area contributed by atoms with Crippen molar-refractivity contribution in [2.75, 3.05) is 18.1 Å². The Morgan fingerprint density at radius 2 is 1.80 bits per heavy atom. The Hall–Kier alpha value is -1.81. The van der Waals surface area contributed by atoms with Gasteiger partial charge in [0, 0.05) is 12.8 Å². The molecule has 2 aromatic carbocycles. The first-order valence-corrected chi connectivity index (χ1v) is 8.44. The van der Waals surface area contributed by atoms with E-state index in [0.717, 1.165) is 6.42 Å². The number of hydrogen-bond acceptors (Lipinski definition) is 3. The number of para-hydroxylation sites is 1. The van der Waals surface area contributed by atoms with E-state index in [0.29, 0.717) is 17.1 Å². The van der Waals surface area contributed by atoms with Gasteiger partial charge >= 0.3 is 0 Å². The summed E-state index contributed by atoms with van der Waals surface area (Å²) in [4.78, 5) is 0.351. The molecule has 4 heteroatoms. The Morgan fingerprint density at radius 3 is 2.50 bits per heavy atom. The molecule has 2 aromatic rings. The minimum atomic E-state index is -3.20. The van der Waals surface area contributed by atoms with Crippen molar-refractivity contribution in [3.63, 3.8) is 0 Å². The summed E-state index contributed by atoms with van der Waals surface area (Å²) in [6.07, 6.45) is 2.09. The molecule has 0 radical (unpaired) electrons. The van der Waals surface area contributed by atoms with Crippen LogP contribution >= 0.6 is 0 Å². The summed E-state index contributed by atoms with van der Waals surface area (Å²) < 4.78 is 23.4. The molecule has 0 spiro atoms. The zero-order chi connectivity index (χ0) is 14.6. The van der Waals surface area contributed by atoms with Crippen molar-refractivity contribution in [3.8, 4) is 0 Å². The summed E-state index contributed by atoms with van der Waals surface area (Å²) >= 11 is 0. The molecular weight excluding hydrogens is 270 g/mol. The molecule has 0 aliphatic carbocycles. The fraction of sp³-hybridized carbons (Fsp3) is 0.250. The van der Waals surface area contributed by atoms with Gasteiger partial charge in [0.2, 0.25) is 0 Å². The third-order valence-corrected chi connectivity index (χ3v) is 4.25. The average molecular weight is 289 g/mol. The van der Waals surface area contributed by atoms with Crippen LogP contribution in [0.1, 0.15) is 11.1 Å². The molecule has 0 saturated carbocycles. The van der Waals surface area contributed by atoms with Crippen molar-refractivity contribution in [1.82, 2.24) is 0 Å².